The van der Waals surface area contributed by atoms with Gasteiger partial charge in [-0.25, -0.2) is 4.39 Å². The van der Waals surface area contributed by atoms with Crippen molar-refractivity contribution in [3.05, 3.63) is 36.7 Å². The number of rotatable bonds is 4. The number of fused-ring (bicyclic) bond motifs is 1. The molecule has 1 heterocycles. The molecule has 0 saturated heterocycles. The van der Waals surface area contributed by atoms with Crippen molar-refractivity contribution in [2.24, 2.45) is 0 Å². The number of carbonyl (C=O) groups excluding carboxylic acids is 2. The lowest BCUT2D eigenvalue weighted by Gasteiger charge is -2.35. The van der Waals surface area contributed by atoms with E-state index in [-0.39, 0.29) is 30.6 Å². The van der Waals surface area contributed by atoms with Gasteiger partial charge in [0.05, 0.1) is 11.4 Å². The summed E-state index contributed by atoms with van der Waals surface area (Å²) >= 11 is 0. The van der Waals surface area contributed by atoms with Crippen LogP contribution in [0.25, 0.3) is 0 Å². The van der Waals surface area contributed by atoms with Crippen LogP contribution in [0.2, 0.25) is 0 Å². The van der Waals surface area contributed by atoms with Gasteiger partial charge in [-0.1, -0.05) is 12.6 Å². The number of anilines is 2. The number of hydrogen-bond acceptors (Lipinski definition) is 3. The van der Waals surface area contributed by atoms with Gasteiger partial charge in [-0.3, -0.25) is 9.59 Å². The number of likely N-dealkylation sites (N-methyl/N-ethyl adjacent to an activating group) is 1. The van der Waals surface area contributed by atoms with Crippen LogP contribution in [-0.4, -0.2) is 38.5 Å². The SMILES string of the molecule is C=CC(=O)NCCC(=O)N1CCN(C)c2c(F)cccc21. The largest absolute Gasteiger partial charge is 0.369 e. The number of para-hydroxylation sites is 1. The van der Waals surface area contributed by atoms with Gasteiger partial charge in [0.15, 0.2) is 0 Å². The van der Waals surface area contributed by atoms with E-state index in [9.17, 15) is 14.0 Å². The van der Waals surface area contributed by atoms with Crippen LogP contribution in [0.15, 0.2) is 30.9 Å². The van der Waals surface area contributed by atoms with E-state index in [1.54, 1.807) is 29.0 Å². The average molecular weight is 291 g/mol. The van der Waals surface area contributed by atoms with Gasteiger partial charge in [0.2, 0.25) is 11.8 Å². The van der Waals surface area contributed by atoms with Gasteiger partial charge in [-0.05, 0) is 18.2 Å². The summed E-state index contributed by atoms with van der Waals surface area (Å²) in [5, 5.41) is 2.56. The Balaban J connectivity index is 2.10. The van der Waals surface area contributed by atoms with Crippen molar-refractivity contribution in [3.8, 4) is 0 Å². The Morgan fingerprint density at radius 3 is 2.90 bits per heavy atom. The first kappa shape index (κ1) is 15.0. The third-order valence-corrected chi connectivity index (χ3v) is 3.42. The summed E-state index contributed by atoms with van der Waals surface area (Å²) in [6.45, 7) is 4.65. The maximum absolute atomic E-state index is 13.9. The first-order chi connectivity index (χ1) is 10.0. The van der Waals surface area contributed by atoms with Gasteiger partial charge >= 0.3 is 0 Å². The summed E-state index contributed by atoms with van der Waals surface area (Å²) in [5.41, 5.74) is 1.01. The van der Waals surface area contributed by atoms with E-state index in [1.165, 1.54) is 6.07 Å². The molecule has 0 radical (unpaired) electrons. The Morgan fingerprint density at radius 2 is 2.19 bits per heavy atom. The van der Waals surface area contributed by atoms with Gasteiger partial charge in [0.25, 0.3) is 0 Å². The van der Waals surface area contributed by atoms with E-state index < -0.39 is 0 Å². The van der Waals surface area contributed by atoms with Crippen molar-refractivity contribution in [2.45, 2.75) is 6.42 Å². The lowest BCUT2D eigenvalue weighted by Crippen LogP contribution is -2.44. The third-order valence-electron chi connectivity index (χ3n) is 3.42. The van der Waals surface area contributed by atoms with Crippen LogP contribution in [0.3, 0.4) is 0 Å². The minimum atomic E-state index is -0.340. The fourth-order valence-corrected chi connectivity index (χ4v) is 2.34. The summed E-state index contributed by atoms with van der Waals surface area (Å²) < 4.78 is 13.9. The van der Waals surface area contributed by atoms with Crippen molar-refractivity contribution in [1.82, 2.24) is 5.32 Å². The quantitative estimate of drug-likeness (QED) is 0.851. The Bertz CT molecular complexity index is 574. The summed E-state index contributed by atoms with van der Waals surface area (Å²) in [6.07, 6.45) is 1.32. The standard InChI is InChI=1S/C15H18FN3O2/c1-3-13(20)17-8-7-14(21)19-10-9-18(2)15-11(16)5-4-6-12(15)19/h3-6H,1,7-10H2,2H3,(H,17,20). The highest BCUT2D eigenvalue weighted by Crippen LogP contribution is 2.34. The molecule has 0 aliphatic carbocycles. The fourth-order valence-electron chi connectivity index (χ4n) is 2.34. The minimum Gasteiger partial charge on any atom is -0.369 e. The molecule has 1 N–H and O–H groups in total. The number of amides is 2. The molecule has 5 nitrogen and oxygen atoms in total. The molecule has 6 heteroatoms. The summed E-state index contributed by atoms with van der Waals surface area (Å²) in [6, 6.07) is 4.70. The average Bonchev–Trinajstić information content (AvgIpc) is 2.47. The number of halogens is 1. The van der Waals surface area contributed by atoms with Crippen LogP contribution in [0.4, 0.5) is 15.8 Å². The second kappa shape index (κ2) is 6.39. The molecule has 0 unspecified atom stereocenters. The second-order valence-corrected chi connectivity index (χ2v) is 4.82. The molecule has 112 valence electrons. The highest BCUT2D eigenvalue weighted by molar-refractivity contribution is 5.98. The van der Waals surface area contributed by atoms with E-state index in [0.29, 0.717) is 24.5 Å². The van der Waals surface area contributed by atoms with Gasteiger partial charge in [-0.15, -0.1) is 0 Å². The van der Waals surface area contributed by atoms with Gasteiger partial charge in [0.1, 0.15) is 5.82 Å². The Hall–Kier alpha value is -2.37. The van der Waals surface area contributed by atoms with Crippen molar-refractivity contribution in [3.63, 3.8) is 0 Å². The fraction of sp³-hybridized carbons (Fsp3) is 0.333. The molecule has 1 aliphatic rings. The molecular weight excluding hydrogens is 273 g/mol. The molecule has 2 rings (SSSR count). The maximum atomic E-state index is 13.9. The molecular formula is C15H18FN3O2. The molecule has 1 aromatic carbocycles. The number of benzene rings is 1. The van der Waals surface area contributed by atoms with Gasteiger partial charge in [0, 0.05) is 33.1 Å². The number of hydrogen-bond donors (Lipinski definition) is 1. The van der Waals surface area contributed by atoms with Crippen LogP contribution >= 0.6 is 0 Å². The van der Waals surface area contributed by atoms with E-state index in [2.05, 4.69) is 11.9 Å². The summed E-state index contributed by atoms with van der Waals surface area (Å²) in [5.74, 6) is -0.792. The third kappa shape index (κ3) is 3.21. The first-order valence-corrected chi connectivity index (χ1v) is 6.75. The normalized spacial score (nSPS) is 13.6. The molecule has 1 aromatic rings. The summed E-state index contributed by atoms with van der Waals surface area (Å²) in [7, 11) is 1.80. The van der Waals surface area contributed by atoms with Crippen LogP contribution in [0, 0.1) is 5.82 Å². The molecule has 0 spiro atoms. The van der Waals surface area contributed by atoms with E-state index >= 15 is 0 Å². The van der Waals surface area contributed by atoms with Crippen molar-refractivity contribution >= 4 is 23.2 Å². The Morgan fingerprint density at radius 1 is 1.43 bits per heavy atom. The van der Waals surface area contributed by atoms with Crippen molar-refractivity contribution in [1.29, 1.82) is 0 Å². The van der Waals surface area contributed by atoms with Gasteiger partial charge in [-0.2, -0.15) is 0 Å². The zero-order valence-corrected chi connectivity index (χ0v) is 11.9. The first-order valence-electron chi connectivity index (χ1n) is 6.75. The lowest BCUT2D eigenvalue weighted by molar-refractivity contribution is -0.119. The van der Waals surface area contributed by atoms with Crippen LogP contribution in [-0.2, 0) is 9.59 Å². The zero-order valence-electron chi connectivity index (χ0n) is 11.9. The monoisotopic (exact) mass is 291 g/mol. The molecule has 1 aliphatic heterocycles. The smallest absolute Gasteiger partial charge is 0.243 e. The van der Waals surface area contributed by atoms with Crippen LogP contribution in [0.1, 0.15) is 6.42 Å². The molecule has 0 saturated carbocycles. The highest BCUT2D eigenvalue weighted by Gasteiger charge is 2.26. The molecule has 21 heavy (non-hydrogen) atoms. The van der Waals surface area contributed by atoms with Crippen molar-refractivity contribution < 1.29 is 14.0 Å². The maximum Gasteiger partial charge on any atom is 0.243 e. The molecule has 0 aromatic heterocycles. The topological polar surface area (TPSA) is 52.7 Å². The van der Waals surface area contributed by atoms with E-state index in [4.69, 9.17) is 0 Å². The summed E-state index contributed by atoms with van der Waals surface area (Å²) in [4.78, 5) is 26.7. The van der Waals surface area contributed by atoms with Crippen LogP contribution in [0.5, 0.6) is 0 Å². The Labute approximate surface area is 123 Å². The molecule has 0 bridgehead atoms. The zero-order chi connectivity index (χ0) is 15.4. The molecule has 2 amide bonds. The van der Waals surface area contributed by atoms with Crippen molar-refractivity contribution in [2.75, 3.05) is 36.5 Å². The van der Waals surface area contributed by atoms with E-state index in [1.807, 2.05) is 0 Å². The number of nitrogens with one attached hydrogen (secondary N) is 1. The van der Waals surface area contributed by atoms with E-state index in [0.717, 1.165) is 6.08 Å². The molecule has 0 fully saturated rings. The predicted octanol–water partition coefficient (Wildman–Crippen LogP) is 1.30. The minimum absolute atomic E-state index is 0.140. The number of nitrogens with zero attached hydrogens (tertiary/aromatic N) is 2. The predicted molar refractivity (Wildman–Crippen MR) is 79.8 cm³/mol. The molecule has 0 atom stereocenters. The number of carbonyl (C=O) groups is 2. The Kier molecular flexibility index (Phi) is 4.57. The highest BCUT2D eigenvalue weighted by atomic mass is 19.1. The second-order valence-electron chi connectivity index (χ2n) is 4.82. The van der Waals surface area contributed by atoms with Crippen LogP contribution < -0.4 is 15.1 Å². The lowest BCUT2D eigenvalue weighted by atomic mass is 10.1. The van der Waals surface area contributed by atoms with Gasteiger partial charge < -0.3 is 15.1 Å².